The number of hydrogen-bond acceptors (Lipinski definition) is 1. The molecule has 0 saturated carbocycles. The first-order valence-corrected chi connectivity index (χ1v) is 11.6. The van der Waals surface area contributed by atoms with Crippen LogP contribution < -0.4 is 0 Å². The molecule has 0 aliphatic carbocycles. The third-order valence-electron chi connectivity index (χ3n) is 6.31. The van der Waals surface area contributed by atoms with Gasteiger partial charge in [-0.25, -0.2) is 0 Å². The highest BCUT2D eigenvalue weighted by atomic mass is 16.5. The molecule has 1 saturated heterocycles. The Morgan fingerprint density at radius 1 is 0.750 bits per heavy atom. The van der Waals surface area contributed by atoms with E-state index in [4.69, 9.17) is 4.74 Å². The highest BCUT2D eigenvalue weighted by molar-refractivity contribution is 5.64. The van der Waals surface area contributed by atoms with E-state index in [0.29, 0.717) is 0 Å². The topological polar surface area (TPSA) is 9.23 Å². The van der Waals surface area contributed by atoms with Crippen LogP contribution in [0.1, 0.15) is 88.9 Å². The molecule has 1 fully saturated rings. The highest BCUT2D eigenvalue weighted by Gasteiger charge is 2.22. The maximum absolute atomic E-state index is 6.25. The molecule has 2 aromatic carbocycles. The summed E-state index contributed by atoms with van der Waals surface area (Å²) >= 11 is 0. The summed E-state index contributed by atoms with van der Waals surface area (Å²) in [4.78, 5) is 0. The number of unbranched alkanes of at least 4 members (excludes halogenated alkanes) is 5. The molecule has 2 unspecified atom stereocenters. The largest absolute Gasteiger partial charge is 0.373 e. The van der Waals surface area contributed by atoms with Crippen molar-refractivity contribution in [3.63, 3.8) is 0 Å². The predicted molar refractivity (Wildman–Crippen MR) is 121 cm³/mol. The summed E-state index contributed by atoms with van der Waals surface area (Å²) in [6, 6.07) is 18.0. The molecule has 0 amide bonds. The van der Waals surface area contributed by atoms with Crippen LogP contribution in [-0.4, -0.2) is 6.61 Å². The van der Waals surface area contributed by atoms with Crippen molar-refractivity contribution in [3.8, 4) is 11.1 Å². The van der Waals surface area contributed by atoms with Crippen molar-refractivity contribution in [1.82, 2.24) is 0 Å². The van der Waals surface area contributed by atoms with E-state index in [1.165, 1.54) is 80.0 Å². The highest BCUT2D eigenvalue weighted by Crippen LogP contribution is 2.33. The van der Waals surface area contributed by atoms with Gasteiger partial charge in [0.25, 0.3) is 0 Å². The average Bonchev–Trinajstić information content (AvgIpc) is 2.77. The van der Waals surface area contributed by atoms with Gasteiger partial charge >= 0.3 is 0 Å². The Balaban J connectivity index is 1.43. The third kappa shape index (κ3) is 6.21. The molecule has 152 valence electrons. The molecule has 0 spiro atoms. The molecule has 1 aliphatic rings. The molecular weight excluding hydrogens is 340 g/mol. The molecule has 28 heavy (non-hydrogen) atoms. The van der Waals surface area contributed by atoms with E-state index < -0.39 is 0 Å². The zero-order chi connectivity index (χ0) is 19.6. The lowest BCUT2D eigenvalue weighted by Gasteiger charge is -2.29. The quantitative estimate of drug-likeness (QED) is 0.379. The molecule has 2 atom stereocenters. The summed E-state index contributed by atoms with van der Waals surface area (Å²) in [6.45, 7) is 5.43. The van der Waals surface area contributed by atoms with Crippen LogP contribution >= 0.6 is 0 Å². The summed E-state index contributed by atoms with van der Waals surface area (Å²) in [6.07, 6.45) is 13.6. The van der Waals surface area contributed by atoms with Crippen molar-refractivity contribution in [2.75, 3.05) is 6.61 Å². The summed E-state index contributed by atoms with van der Waals surface area (Å²) in [7, 11) is 0. The Bertz CT molecular complexity index is 662. The molecule has 1 heterocycles. The molecule has 0 aromatic heterocycles. The van der Waals surface area contributed by atoms with Gasteiger partial charge in [-0.2, -0.15) is 0 Å². The van der Waals surface area contributed by atoms with Crippen molar-refractivity contribution in [3.05, 3.63) is 59.7 Å². The normalized spacial score (nSPS) is 19.6. The first-order chi connectivity index (χ1) is 13.8. The molecule has 0 bridgehead atoms. The van der Waals surface area contributed by atoms with Gasteiger partial charge in [0.05, 0.1) is 12.7 Å². The molecule has 3 rings (SSSR count). The van der Waals surface area contributed by atoms with Crippen LogP contribution in [0, 0.1) is 5.92 Å². The van der Waals surface area contributed by atoms with Crippen molar-refractivity contribution < 1.29 is 4.74 Å². The monoisotopic (exact) mass is 378 g/mol. The lowest BCUT2D eigenvalue weighted by Crippen LogP contribution is -2.20. The van der Waals surface area contributed by atoms with Gasteiger partial charge in [-0.3, -0.25) is 0 Å². The molecule has 1 nitrogen and oxygen atoms in total. The van der Waals surface area contributed by atoms with Gasteiger partial charge in [-0.15, -0.1) is 0 Å². The number of rotatable bonds is 10. The van der Waals surface area contributed by atoms with Crippen LogP contribution in [-0.2, 0) is 11.2 Å². The van der Waals surface area contributed by atoms with E-state index in [-0.39, 0.29) is 6.10 Å². The van der Waals surface area contributed by atoms with Crippen LogP contribution in [0.25, 0.3) is 11.1 Å². The maximum atomic E-state index is 6.25. The fourth-order valence-electron chi connectivity index (χ4n) is 4.33. The van der Waals surface area contributed by atoms with Gasteiger partial charge in [0.2, 0.25) is 0 Å². The minimum Gasteiger partial charge on any atom is -0.373 e. The zero-order valence-corrected chi connectivity index (χ0v) is 18.0. The van der Waals surface area contributed by atoms with E-state index >= 15 is 0 Å². The Labute approximate surface area is 172 Å². The average molecular weight is 379 g/mol. The second-order valence-electron chi connectivity index (χ2n) is 8.49. The van der Waals surface area contributed by atoms with Gasteiger partial charge in [0, 0.05) is 0 Å². The van der Waals surface area contributed by atoms with Crippen LogP contribution in [0.3, 0.4) is 0 Å². The predicted octanol–water partition coefficient (Wildman–Crippen LogP) is 8.13. The smallest absolute Gasteiger partial charge is 0.0825 e. The van der Waals surface area contributed by atoms with Crippen LogP contribution in [0.5, 0.6) is 0 Å². The van der Waals surface area contributed by atoms with E-state index in [1.807, 2.05) is 0 Å². The van der Waals surface area contributed by atoms with Crippen LogP contribution in [0.4, 0.5) is 0 Å². The van der Waals surface area contributed by atoms with Crippen LogP contribution in [0.2, 0.25) is 0 Å². The van der Waals surface area contributed by atoms with E-state index in [9.17, 15) is 0 Å². The first kappa shape index (κ1) is 21.1. The van der Waals surface area contributed by atoms with Gasteiger partial charge in [0.15, 0.2) is 0 Å². The lowest BCUT2D eigenvalue weighted by atomic mass is 9.90. The Hall–Kier alpha value is -1.60. The second kappa shape index (κ2) is 11.4. The minimum absolute atomic E-state index is 0.289. The van der Waals surface area contributed by atoms with Crippen molar-refractivity contribution in [2.45, 2.75) is 84.2 Å². The molecule has 2 aromatic rings. The summed E-state index contributed by atoms with van der Waals surface area (Å²) in [5, 5.41) is 0. The number of hydrogen-bond donors (Lipinski definition) is 0. The Kier molecular flexibility index (Phi) is 8.61. The molecule has 1 heteroatoms. The second-order valence-corrected chi connectivity index (χ2v) is 8.49. The fourth-order valence-corrected chi connectivity index (χ4v) is 4.33. The Morgan fingerprint density at radius 3 is 2.00 bits per heavy atom. The van der Waals surface area contributed by atoms with Gasteiger partial charge < -0.3 is 4.74 Å². The fraction of sp³-hybridized carbons (Fsp3) is 0.556. The van der Waals surface area contributed by atoms with E-state index in [1.54, 1.807) is 0 Å². The summed E-state index contributed by atoms with van der Waals surface area (Å²) in [5.74, 6) is 0.777. The first-order valence-electron chi connectivity index (χ1n) is 11.6. The SMILES string of the molecule is CCCCCCCCC1CCC(c2ccc(-c3ccc(CC)cc3)cc2)OC1. The maximum Gasteiger partial charge on any atom is 0.0825 e. The van der Waals surface area contributed by atoms with Gasteiger partial charge in [-0.05, 0) is 53.9 Å². The molecule has 0 radical (unpaired) electrons. The number of aryl methyl sites for hydroxylation is 1. The minimum atomic E-state index is 0.289. The Morgan fingerprint density at radius 2 is 1.39 bits per heavy atom. The molecule has 0 N–H and O–H groups in total. The van der Waals surface area contributed by atoms with Crippen molar-refractivity contribution in [2.24, 2.45) is 5.92 Å². The lowest BCUT2D eigenvalue weighted by molar-refractivity contribution is -0.0199. The van der Waals surface area contributed by atoms with Gasteiger partial charge in [-0.1, -0.05) is 101 Å². The summed E-state index contributed by atoms with van der Waals surface area (Å²) < 4.78 is 6.25. The zero-order valence-electron chi connectivity index (χ0n) is 18.0. The van der Waals surface area contributed by atoms with E-state index in [2.05, 4.69) is 62.4 Å². The van der Waals surface area contributed by atoms with E-state index in [0.717, 1.165) is 18.9 Å². The number of benzene rings is 2. The third-order valence-corrected chi connectivity index (χ3v) is 6.31. The number of ether oxygens (including phenoxy) is 1. The van der Waals surface area contributed by atoms with Gasteiger partial charge in [0.1, 0.15) is 0 Å². The summed E-state index contributed by atoms with van der Waals surface area (Å²) in [5.41, 5.74) is 5.33. The van der Waals surface area contributed by atoms with Crippen LogP contribution in [0.15, 0.2) is 48.5 Å². The van der Waals surface area contributed by atoms with Crippen molar-refractivity contribution in [1.29, 1.82) is 0 Å². The standard InChI is InChI=1S/C27H38O/c1-3-5-6-7-8-9-10-23-13-20-27(28-21-23)26-18-16-25(17-19-26)24-14-11-22(4-2)12-15-24/h11-12,14-19,23,27H,3-10,13,20-21H2,1-2H3. The molecule has 1 aliphatic heterocycles. The van der Waals surface area contributed by atoms with Crippen molar-refractivity contribution >= 4 is 0 Å². The molecular formula is C27H38O.